The summed E-state index contributed by atoms with van der Waals surface area (Å²) in [5, 5.41) is 13.8. The van der Waals surface area contributed by atoms with Crippen LogP contribution in [0.4, 0.5) is 4.39 Å². The van der Waals surface area contributed by atoms with Gasteiger partial charge < -0.3 is 8.83 Å². The number of aromatic nitrogens is 1. The van der Waals surface area contributed by atoms with Crippen LogP contribution in [0.25, 0.3) is 66.3 Å². The van der Waals surface area contributed by atoms with Crippen LogP contribution in [0.2, 0.25) is 0 Å². The molecule has 0 aliphatic heterocycles. The Morgan fingerprint density at radius 3 is 2.39 bits per heavy atom. The van der Waals surface area contributed by atoms with Gasteiger partial charge in [-0.15, -0.1) is 0 Å². The molecule has 0 amide bonds. The quantitative estimate of drug-likeness (QED) is 0.226. The number of halogens is 1. The molecule has 0 radical (unpaired) electrons. The third-order valence-corrected chi connectivity index (χ3v) is 7.44. The van der Waals surface area contributed by atoms with E-state index < -0.39 is 0 Å². The normalized spacial score (nSPS) is 11.7. The van der Waals surface area contributed by atoms with Crippen molar-refractivity contribution in [3.05, 3.63) is 102 Å². The van der Waals surface area contributed by atoms with E-state index in [1.54, 1.807) is 11.5 Å². The van der Waals surface area contributed by atoms with Gasteiger partial charge in [-0.25, -0.2) is 4.39 Å². The zero-order valence-electron chi connectivity index (χ0n) is 21.1. The molecule has 7 aromatic rings. The molecule has 0 N–H and O–H groups in total. The summed E-state index contributed by atoms with van der Waals surface area (Å²) in [6.45, 7) is 3.79. The Morgan fingerprint density at radius 2 is 1.55 bits per heavy atom. The van der Waals surface area contributed by atoms with Gasteiger partial charge in [-0.3, -0.25) is 0 Å². The lowest BCUT2D eigenvalue weighted by atomic mass is 9.96. The van der Waals surface area contributed by atoms with Crippen LogP contribution in [0.1, 0.15) is 16.7 Å². The standard InChI is InChI=1S/C33H22FN2O2/c1-18-8-10-24-26-14-20(16-35)13-25(21-9-11-23-22-6-4-5-7-29(22)37-30(23)15-21)32(26)38-33(24)31(18)28-12-19(2)27(34)17-36(28)3/h4-15,17H,1-3H3/q+1. The van der Waals surface area contributed by atoms with Crippen LogP contribution in [0.5, 0.6) is 0 Å². The molecule has 0 spiro atoms. The Kier molecular flexibility index (Phi) is 4.70. The Balaban J connectivity index is 1.54. The molecule has 38 heavy (non-hydrogen) atoms. The molecule has 0 bridgehead atoms. The molecule has 0 atom stereocenters. The minimum absolute atomic E-state index is 0.257. The van der Waals surface area contributed by atoms with E-state index >= 15 is 0 Å². The van der Waals surface area contributed by atoms with Gasteiger partial charge in [-0.05, 0) is 60.9 Å². The van der Waals surface area contributed by atoms with Gasteiger partial charge in [-0.1, -0.05) is 36.4 Å². The summed E-state index contributed by atoms with van der Waals surface area (Å²) in [6.07, 6.45) is 1.49. The van der Waals surface area contributed by atoms with Crippen molar-refractivity contribution in [3.63, 3.8) is 0 Å². The highest BCUT2D eigenvalue weighted by atomic mass is 19.1. The Labute approximate surface area is 217 Å². The Bertz CT molecular complexity index is 2140. The summed E-state index contributed by atoms with van der Waals surface area (Å²) in [7, 11) is 1.83. The number of rotatable bonds is 2. The van der Waals surface area contributed by atoms with Gasteiger partial charge in [-0.2, -0.15) is 9.83 Å². The van der Waals surface area contributed by atoms with E-state index in [1.165, 1.54) is 6.20 Å². The largest absolute Gasteiger partial charge is 0.456 e. The Morgan fingerprint density at radius 1 is 0.763 bits per heavy atom. The monoisotopic (exact) mass is 497 g/mol. The second-order valence-electron chi connectivity index (χ2n) is 9.86. The predicted molar refractivity (Wildman–Crippen MR) is 147 cm³/mol. The van der Waals surface area contributed by atoms with E-state index in [9.17, 15) is 9.65 Å². The summed E-state index contributed by atoms with van der Waals surface area (Å²) < 4.78 is 28.9. The van der Waals surface area contributed by atoms with Gasteiger partial charge in [0.15, 0.2) is 5.82 Å². The second-order valence-corrected chi connectivity index (χ2v) is 9.86. The number of nitrogens with zero attached hydrogens (tertiary/aromatic N) is 2. The molecule has 3 heterocycles. The van der Waals surface area contributed by atoms with Crippen LogP contribution >= 0.6 is 0 Å². The molecule has 3 aromatic heterocycles. The Hall–Kier alpha value is -4.95. The summed E-state index contributed by atoms with van der Waals surface area (Å²) >= 11 is 0. The fourth-order valence-electron chi connectivity index (χ4n) is 5.50. The maximum absolute atomic E-state index is 14.3. The second kappa shape index (κ2) is 8.03. The molecule has 0 saturated carbocycles. The smallest absolute Gasteiger partial charge is 0.216 e. The number of fused-ring (bicyclic) bond motifs is 6. The number of hydrogen-bond acceptors (Lipinski definition) is 3. The van der Waals surface area contributed by atoms with Crippen LogP contribution in [-0.4, -0.2) is 0 Å². The first-order valence-corrected chi connectivity index (χ1v) is 12.4. The van der Waals surface area contributed by atoms with Crippen molar-refractivity contribution < 1.29 is 17.8 Å². The lowest BCUT2D eigenvalue weighted by Gasteiger charge is -2.06. The molecule has 0 aliphatic rings. The van der Waals surface area contributed by atoms with Crippen LogP contribution in [0.3, 0.4) is 0 Å². The van der Waals surface area contributed by atoms with E-state index in [0.717, 1.165) is 60.7 Å². The van der Waals surface area contributed by atoms with Crippen molar-refractivity contribution in [1.82, 2.24) is 0 Å². The van der Waals surface area contributed by atoms with E-state index in [1.807, 2.05) is 74.6 Å². The third-order valence-electron chi connectivity index (χ3n) is 7.44. The highest BCUT2D eigenvalue weighted by molar-refractivity contribution is 6.14. The van der Waals surface area contributed by atoms with E-state index in [-0.39, 0.29) is 5.82 Å². The minimum atomic E-state index is -0.257. The lowest BCUT2D eigenvalue weighted by Crippen LogP contribution is -2.31. The number of para-hydroxylation sites is 1. The zero-order chi connectivity index (χ0) is 26.1. The third kappa shape index (κ3) is 3.17. The van der Waals surface area contributed by atoms with Gasteiger partial charge in [0.25, 0.3) is 0 Å². The average Bonchev–Trinajstić information content (AvgIpc) is 3.48. The number of furan rings is 2. The maximum Gasteiger partial charge on any atom is 0.216 e. The number of hydrogen-bond donors (Lipinski definition) is 0. The fourth-order valence-corrected chi connectivity index (χ4v) is 5.50. The molecule has 182 valence electrons. The van der Waals surface area contributed by atoms with Gasteiger partial charge in [0, 0.05) is 33.2 Å². The van der Waals surface area contributed by atoms with Crippen LogP contribution < -0.4 is 4.57 Å². The highest BCUT2D eigenvalue weighted by Gasteiger charge is 2.24. The van der Waals surface area contributed by atoms with E-state index in [0.29, 0.717) is 22.3 Å². The van der Waals surface area contributed by atoms with E-state index in [4.69, 9.17) is 8.83 Å². The summed E-state index contributed by atoms with van der Waals surface area (Å²) in [5.74, 6) is -0.257. The lowest BCUT2D eigenvalue weighted by molar-refractivity contribution is -0.662. The molecule has 0 aliphatic carbocycles. The van der Waals surface area contributed by atoms with Crippen molar-refractivity contribution in [1.29, 1.82) is 5.26 Å². The van der Waals surface area contributed by atoms with Gasteiger partial charge in [0.1, 0.15) is 29.4 Å². The first-order valence-electron chi connectivity index (χ1n) is 12.4. The van der Waals surface area contributed by atoms with Crippen LogP contribution in [-0.2, 0) is 7.05 Å². The molecule has 4 aromatic carbocycles. The zero-order valence-corrected chi connectivity index (χ0v) is 21.1. The topological polar surface area (TPSA) is 54.0 Å². The van der Waals surface area contributed by atoms with Crippen molar-refractivity contribution in [2.45, 2.75) is 13.8 Å². The number of benzene rings is 4. The fraction of sp³-hybridized carbons (Fsp3) is 0.0909. The van der Waals surface area contributed by atoms with Crippen molar-refractivity contribution >= 4 is 43.9 Å². The molecule has 5 heteroatoms. The molecular formula is C33H22FN2O2+. The van der Waals surface area contributed by atoms with E-state index in [2.05, 4.69) is 18.2 Å². The number of nitriles is 1. The number of aryl methyl sites for hydroxylation is 3. The van der Waals surface area contributed by atoms with Gasteiger partial charge in [0.05, 0.1) is 17.2 Å². The van der Waals surface area contributed by atoms with Crippen LogP contribution in [0, 0.1) is 31.0 Å². The molecule has 0 fully saturated rings. The molecular weight excluding hydrogens is 475 g/mol. The van der Waals surface area contributed by atoms with Crippen LogP contribution in [0.15, 0.2) is 87.8 Å². The van der Waals surface area contributed by atoms with Crippen molar-refractivity contribution in [2.75, 3.05) is 0 Å². The minimum Gasteiger partial charge on any atom is -0.456 e. The maximum atomic E-state index is 14.3. The highest BCUT2D eigenvalue weighted by Crippen LogP contribution is 2.42. The van der Waals surface area contributed by atoms with Crippen molar-refractivity contribution in [2.24, 2.45) is 7.05 Å². The van der Waals surface area contributed by atoms with Crippen molar-refractivity contribution in [3.8, 4) is 28.5 Å². The number of pyridine rings is 1. The molecule has 7 rings (SSSR count). The summed E-state index contributed by atoms with van der Waals surface area (Å²) in [5.41, 5.74) is 8.64. The first kappa shape index (κ1) is 22.3. The molecule has 4 nitrogen and oxygen atoms in total. The average molecular weight is 498 g/mol. The molecule has 0 unspecified atom stereocenters. The first-order chi connectivity index (χ1) is 18.4. The predicted octanol–water partition coefficient (Wildman–Crippen LogP) is 8.27. The summed E-state index contributed by atoms with van der Waals surface area (Å²) in [6, 6.07) is 26.1. The summed E-state index contributed by atoms with van der Waals surface area (Å²) in [4.78, 5) is 0. The van der Waals surface area contributed by atoms with Gasteiger partial charge in [0.2, 0.25) is 11.9 Å². The van der Waals surface area contributed by atoms with Gasteiger partial charge >= 0.3 is 0 Å². The molecule has 0 saturated heterocycles. The SMILES string of the molecule is Cc1cc(-c2c(C)ccc3c2oc2c(-c4ccc5c(c4)oc4ccccc45)cc(C#N)cc23)[n+](C)cc1F.